The molecule has 180 valence electrons. The summed E-state index contributed by atoms with van der Waals surface area (Å²) in [5.74, 6) is 0.00380. The topological polar surface area (TPSA) is 28.5 Å². The van der Waals surface area contributed by atoms with E-state index < -0.39 is 11.7 Å². The Kier molecular flexibility index (Phi) is 6.10. The molecular weight excluding hydrogens is 446 g/mol. The minimum Gasteiger partial charge on any atom is -0.341 e. The molecule has 0 saturated carbocycles. The molecular formula is C26H27F4N3O. The van der Waals surface area contributed by atoms with E-state index in [-0.39, 0.29) is 17.6 Å². The van der Waals surface area contributed by atoms with E-state index >= 15 is 0 Å². The average molecular weight is 474 g/mol. The lowest BCUT2D eigenvalue weighted by atomic mass is 9.89. The molecule has 3 aromatic rings. The number of aromatic nitrogens is 1. The fraction of sp³-hybridized carbons (Fsp3) is 0.423. The summed E-state index contributed by atoms with van der Waals surface area (Å²) in [4.78, 5) is 16.1. The fourth-order valence-corrected chi connectivity index (χ4v) is 5.24. The highest BCUT2D eigenvalue weighted by atomic mass is 19.4. The Morgan fingerprint density at radius 1 is 0.941 bits per heavy atom. The number of likely N-dealkylation sites (tertiary alicyclic amines) is 2. The number of benzene rings is 2. The predicted octanol–water partition coefficient (Wildman–Crippen LogP) is 5.59. The van der Waals surface area contributed by atoms with Gasteiger partial charge in [0.1, 0.15) is 5.82 Å². The number of nitrogens with zero attached hydrogens (tertiary/aromatic N) is 3. The maximum Gasteiger partial charge on any atom is 0.416 e. The van der Waals surface area contributed by atoms with Crippen LogP contribution in [-0.2, 0) is 11.0 Å². The normalized spacial score (nSPS) is 18.4. The molecule has 0 N–H and O–H groups in total. The van der Waals surface area contributed by atoms with Crippen molar-refractivity contribution in [1.82, 2.24) is 14.4 Å². The zero-order valence-corrected chi connectivity index (χ0v) is 18.8. The molecule has 34 heavy (non-hydrogen) atoms. The maximum atomic E-state index is 13.5. The SMILES string of the molecule is O=C1CCCN1CCN1CCC(c2cn(-c3ccc(F)cc3)c3ccc(C(F)(F)F)cc23)CC1. The smallest absolute Gasteiger partial charge is 0.341 e. The number of carbonyl (C=O) groups is 1. The summed E-state index contributed by atoms with van der Waals surface area (Å²) in [7, 11) is 0. The molecule has 0 bridgehead atoms. The van der Waals surface area contributed by atoms with Crippen molar-refractivity contribution >= 4 is 16.8 Å². The van der Waals surface area contributed by atoms with Gasteiger partial charge in [-0.15, -0.1) is 0 Å². The molecule has 2 fully saturated rings. The third-order valence-electron chi connectivity index (χ3n) is 7.15. The second kappa shape index (κ2) is 9.06. The number of hydrogen-bond acceptors (Lipinski definition) is 2. The van der Waals surface area contributed by atoms with Gasteiger partial charge in [-0.2, -0.15) is 13.2 Å². The van der Waals surface area contributed by atoms with Crippen LogP contribution in [0.15, 0.2) is 48.7 Å². The Balaban J connectivity index is 1.39. The second-order valence-corrected chi connectivity index (χ2v) is 9.26. The number of carbonyl (C=O) groups excluding carboxylic acids is 1. The molecule has 3 heterocycles. The highest BCUT2D eigenvalue weighted by Gasteiger charge is 2.32. The van der Waals surface area contributed by atoms with E-state index in [0.29, 0.717) is 23.0 Å². The lowest BCUT2D eigenvalue weighted by Crippen LogP contribution is -2.39. The van der Waals surface area contributed by atoms with Crippen LogP contribution in [-0.4, -0.2) is 53.0 Å². The first kappa shape index (κ1) is 22.9. The van der Waals surface area contributed by atoms with Crippen LogP contribution in [0.1, 0.15) is 42.7 Å². The molecule has 2 aliphatic rings. The van der Waals surface area contributed by atoms with E-state index in [4.69, 9.17) is 0 Å². The van der Waals surface area contributed by atoms with Crippen molar-refractivity contribution in [2.24, 2.45) is 0 Å². The standard InChI is InChI=1S/C26H27F4N3O/c27-20-4-6-21(7-5-20)33-17-23(22-16-19(26(28,29)30)3-8-24(22)33)18-9-12-31(13-10-18)14-15-32-11-1-2-25(32)34/h3-8,16-18H,1-2,9-15H2. The molecule has 0 unspecified atom stereocenters. The predicted molar refractivity (Wildman–Crippen MR) is 122 cm³/mol. The molecule has 2 aromatic carbocycles. The second-order valence-electron chi connectivity index (χ2n) is 9.26. The number of alkyl halides is 3. The first-order valence-electron chi connectivity index (χ1n) is 11.8. The van der Waals surface area contributed by atoms with Crippen LogP contribution in [0.5, 0.6) is 0 Å². The van der Waals surface area contributed by atoms with Crippen LogP contribution in [0, 0.1) is 5.82 Å². The summed E-state index contributed by atoms with van der Waals surface area (Å²) < 4.78 is 55.7. The van der Waals surface area contributed by atoms with Crippen molar-refractivity contribution in [3.05, 3.63) is 65.6 Å². The van der Waals surface area contributed by atoms with Crippen molar-refractivity contribution in [2.45, 2.75) is 37.8 Å². The van der Waals surface area contributed by atoms with Crippen LogP contribution < -0.4 is 0 Å². The Morgan fingerprint density at radius 2 is 1.68 bits per heavy atom. The van der Waals surface area contributed by atoms with Crippen molar-refractivity contribution in [2.75, 3.05) is 32.7 Å². The van der Waals surface area contributed by atoms with Crippen LogP contribution >= 0.6 is 0 Å². The zero-order valence-electron chi connectivity index (χ0n) is 18.8. The van der Waals surface area contributed by atoms with Gasteiger partial charge in [0.05, 0.1) is 11.1 Å². The number of piperidine rings is 1. The molecule has 8 heteroatoms. The van der Waals surface area contributed by atoms with Gasteiger partial charge in [0.25, 0.3) is 0 Å². The number of fused-ring (bicyclic) bond motifs is 1. The third kappa shape index (κ3) is 4.56. The quantitative estimate of drug-likeness (QED) is 0.452. The van der Waals surface area contributed by atoms with E-state index in [1.165, 1.54) is 24.3 Å². The minimum absolute atomic E-state index is 0.136. The van der Waals surface area contributed by atoms with Crippen molar-refractivity contribution in [1.29, 1.82) is 0 Å². The molecule has 0 spiro atoms. The van der Waals surface area contributed by atoms with Gasteiger partial charge in [-0.3, -0.25) is 4.79 Å². The molecule has 0 radical (unpaired) electrons. The Bertz CT molecular complexity index is 1180. The zero-order chi connectivity index (χ0) is 23.9. The Hall–Kier alpha value is -2.87. The molecule has 0 aliphatic carbocycles. The summed E-state index contributed by atoms with van der Waals surface area (Å²) in [5, 5.41) is 0.597. The molecule has 1 amide bonds. The van der Waals surface area contributed by atoms with Gasteiger partial charge in [0, 0.05) is 43.3 Å². The van der Waals surface area contributed by atoms with Gasteiger partial charge in [0.2, 0.25) is 5.91 Å². The Morgan fingerprint density at radius 3 is 2.32 bits per heavy atom. The Labute approximate surface area is 195 Å². The fourth-order valence-electron chi connectivity index (χ4n) is 5.24. The maximum absolute atomic E-state index is 13.5. The minimum atomic E-state index is -4.42. The number of halogens is 4. The van der Waals surface area contributed by atoms with Gasteiger partial charge in [0.15, 0.2) is 0 Å². The lowest BCUT2D eigenvalue weighted by molar-refractivity contribution is -0.137. The van der Waals surface area contributed by atoms with Crippen LogP contribution in [0.2, 0.25) is 0 Å². The summed E-state index contributed by atoms with van der Waals surface area (Å²) in [6, 6.07) is 9.84. The van der Waals surface area contributed by atoms with Gasteiger partial charge in [-0.1, -0.05) is 0 Å². The van der Waals surface area contributed by atoms with E-state index in [1.807, 2.05) is 15.7 Å². The van der Waals surface area contributed by atoms with Crippen LogP contribution in [0.3, 0.4) is 0 Å². The van der Waals surface area contributed by atoms with E-state index in [9.17, 15) is 22.4 Å². The summed E-state index contributed by atoms with van der Waals surface area (Å²) in [5.41, 5.74) is 1.64. The van der Waals surface area contributed by atoms with Crippen LogP contribution in [0.4, 0.5) is 17.6 Å². The number of hydrogen-bond donors (Lipinski definition) is 0. The molecule has 2 saturated heterocycles. The molecule has 1 aromatic heterocycles. The van der Waals surface area contributed by atoms with Gasteiger partial charge >= 0.3 is 6.18 Å². The highest BCUT2D eigenvalue weighted by Crippen LogP contribution is 2.39. The summed E-state index contributed by atoms with van der Waals surface area (Å²) in [6.07, 6.45) is 0.750. The number of amides is 1. The third-order valence-corrected chi connectivity index (χ3v) is 7.15. The molecule has 4 nitrogen and oxygen atoms in total. The van der Waals surface area contributed by atoms with Crippen molar-refractivity contribution in [3.63, 3.8) is 0 Å². The van der Waals surface area contributed by atoms with Gasteiger partial charge < -0.3 is 14.4 Å². The van der Waals surface area contributed by atoms with E-state index in [1.54, 1.807) is 12.1 Å². The van der Waals surface area contributed by atoms with E-state index in [2.05, 4.69) is 4.90 Å². The van der Waals surface area contributed by atoms with Gasteiger partial charge in [-0.05, 0) is 86.3 Å². The largest absolute Gasteiger partial charge is 0.416 e. The number of rotatable bonds is 5. The highest BCUT2D eigenvalue weighted by molar-refractivity contribution is 5.87. The summed E-state index contributed by atoms with van der Waals surface area (Å²) >= 11 is 0. The average Bonchev–Trinajstić information content (AvgIpc) is 3.41. The molecule has 5 rings (SSSR count). The molecule has 2 aliphatic heterocycles. The van der Waals surface area contributed by atoms with Crippen molar-refractivity contribution < 1.29 is 22.4 Å². The monoisotopic (exact) mass is 473 g/mol. The molecule has 0 atom stereocenters. The lowest BCUT2D eigenvalue weighted by Gasteiger charge is -2.33. The van der Waals surface area contributed by atoms with Crippen molar-refractivity contribution in [3.8, 4) is 5.69 Å². The first-order valence-corrected chi connectivity index (χ1v) is 11.8. The first-order chi connectivity index (χ1) is 16.3. The van der Waals surface area contributed by atoms with Gasteiger partial charge in [-0.25, -0.2) is 4.39 Å². The van der Waals surface area contributed by atoms with E-state index in [0.717, 1.165) is 63.6 Å². The summed E-state index contributed by atoms with van der Waals surface area (Å²) in [6.45, 7) is 4.08. The van der Waals surface area contributed by atoms with Crippen LogP contribution in [0.25, 0.3) is 16.6 Å².